The average molecular weight is 1420 g/mol. The second kappa shape index (κ2) is 70.6. The Morgan fingerprint density at radius 1 is 0.296 bits per heavy atom. The topological polar surface area (TPSA) is 237 Å². The van der Waals surface area contributed by atoms with E-state index in [1.165, 1.54) is 70.6 Å². The molecular formula is C79H132O17P2. The zero-order valence-electron chi connectivity index (χ0n) is 60.9. The lowest BCUT2D eigenvalue weighted by atomic mass is 10.0. The molecule has 0 aromatic carbocycles. The molecule has 5 unspecified atom stereocenters. The summed E-state index contributed by atoms with van der Waals surface area (Å²) in [5.74, 6) is -2.32. The molecule has 17 nitrogen and oxygen atoms in total. The Bertz CT molecular complexity index is 2380. The summed E-state index contributed by atoms with van der Waals surface area (Å²) in [5.41, 5.74) is 0. The van der Waals surface area contributed by atoms with Crippen LogP contribution < -0.4 is 0 Å². The van der Waals surface area contributed by atoms with E-state index in [2.05, 4.69) is 137 Å². The van der Waals surface area contributed by atoms with Gasteiger partial charge in [-0.2, -0.15) is 0 Å². The molecule has 0 aliphatic carbocycles. The number of hydrogen-bond donors (Lipinski definition) is 3. The highest BCUT2D eigenvalue weighted by Crippen LogP contribution is 2.45. The number of allylic oxidation sites excluding steroid dienone is 22. The number of carbonyl (C=O) groups excluding carboxylic acids is 4. The van der Waals surface area contributed by atoms with Gasteiger partial charge < -0.3 is 33.8 Å². The first-order chi connectivity index (χ1) is 47.7. The first-order valence-electron chi connectivity index (χ1n) is 37.4. The van der Waals surface area contributed by atoms with E-state index in [1.54, 1.807) is 0 Å². The number of carbonyl (C=O) groups is 4. The van der Waals surface area contributed by atoms with Gasteiger partial charge in [0, 0.05) is 25.7 Å². The van der Waals surface area contributed by atoms with Crippen LogP contribution in [-0.2, 0) is 65.4 Å². The van der Waals surface area contributed by atoms with Crippen molar-refractivity contribution in [1.29, 1.82) is 0 Å². The van der Waals surface area contributed by atoms with Gasteiger partial charge in [-0.25, -0.2) is 9.13 Å². The summed E-state index contributed by atoms with van der Waals surface area (Å²) in [5, 5.41) is 10.6. The smallest absolute Gasteiger partial charge is 0.462 e. The van der Waals surface area contributed by atoms with Gasteiger partial charge in [-0.3, -0.25) is 37.3 Å². The number of aliphatic hydroxyl groups is 1. The summed E-state index contributed by atoms with van der Waals surface area (Å²) in [7, 11) is -9.98. The quantitative estimate of drug-likeness (QED) is 0.0169. The van der Waals surface area contributed by atoms with Crippen molar-refractivity contribution in [2.75, 3.05) is 39.6 Å². The summed E-state index contributed by atoms with van der Waals surface area (Å²) in [4.78, 5) is 72.7. The summed E-state index contributed by atoms with van der Waals surface area (Å²) < 4.78 is 68.3. The molecule has 0 saturated carbocycles. The van der Waals surface area contributed by atoms with E-state index in [1.807, 2.05) is 24.3 Å². The number of rotatable bonds is 69. The Labute approximate surface area is 593 Å². The van der Waals surface area contributed by atoms with Crippen molar-refractivity contribution in [1.82, 2.24) is 0 Å². The van der Waals surface area contributed by atoms with Gasteiger partial charge in [0.05, 0.1) is 26.4 Å². The lowest BCUT2D eigenvalue weighted by Gasteiger charge is -2.21. The Morgan fingerprint density at radius 2 is 0.551 bits per heavy atom. The fourth-order valence-corrected chi connectivity index (χ4v) is 11.0. The molecule has 0 aliphatic rings. The van der Waals surface area contributed by atoms with Crippen molar-refractivity contribution in [2.24, 2.45) is 0 Å². The van der Waals surface area contributed by atoms with Crippen molar-refractivity contribution in [2.45, 2.75) is 303 Å². The number of hydrogen-bond acceptors (Lipinski definition) is 15. The Hall–Kier alpha value is -4.80. The van der Waals surface area contributed by atoms with E-state index in [0.717, 1.165) is 122 Å². The standard InChI is InChI=1S/C79H132O17P2/c1-5-9-13-17-21-25-29-32-34-36-38-41-45-48-52-56-60-64-77(82)90-70-75(96-79(84)66-62-58-54-50-46-42-39-37-35-33-30-26-22-18-14-10-6-2)72-94-98(87,88)92-68-73(80)67-91-97(85,86)93-71-74(95-78(83)65-61-57-53-49-43-28-24-20-16-12-8-4)69-89-76(81)63-59-55-51-47-44-40-31-27-23-19-15-11-7-3/h9-10,13-14,20-22,24-26,32-35,38-39,41-42,48,50,52,54,73-75,80H,5-8,11-12,15-19,23,27-31,36-37,40,43-47,49,51,53,55-72H2,1-4H3,(H,85,86)(H,87,88)/b13-9-,14-10-,24-20-,25-21-,26-22-,34-32-,35-33-,41-38-,42-39-,52-48-,54-50-. The van der Waals surface area contributed by atoms with Gasteiger partial charge >= 0.3 is 39.5 Å². The Morgan fingerprint density at radius 3 is 0.908 bits per heavy atom. The van der Waals surface area contributed by atoms with E-state index >= 15 is 0 Å². The predicted molar refractivity (Wildman–Crippen MR) is 399 cm³/mol. The molecule has 0 saturated heterocycles. The number of esters is 4. The molecule has 0 aliphatic heterocycles. The van der Waals surface area contributed by atoms with Crippen LogP contribution >= 0.6 is 15.6 Å². The maximum atomic E-state index is 13.1. The largest absolute Gasteiger partial charge is 0.472 e. The molecule has 0 radical (unpaired) electrons. The molecule has 19 heteroatoms. The lowest BCUT2D eigenvalue weighted by molar-refractivity contribution is -0.161. The monoisotopic (exact) mass is 1410 g/mol. The van der Waals surface area contributed by atoms with Crippen LogP contribution in [0.5, 0.6) is 0 Å². The van der Waals surface area contributed by atoms with Crippen molar-refractivity contribution >= 4 is 39.5 Å². The second-order valence-corrected chi connectivity index (χ2v) is 27.4. The van der Waals surface area contributed by atoms with Crippen LogP contribution in [-0.4, -0.2) is 96.7 Å². The third-order valence-electron chi connectivity index (χ3n) is 15.1. The van der Waals surface area contributed by atoms with Gasteiger partial charge in [-0.05, 0) is 122 Å². The normalized spacial score (nSPS) is 14.7. The highest BCUT2D eigenvalue weighted by molar-refractivity contribution is 7.47. The molecule has 0 aromatic rings. The van der Waals surface area contributed by atoms with Crippen molar-refractivity contribution in [3.05, 3.63) is 134 Å². The Balaban J connectivity index is 5.45. The van der Waals surface area contributed by atoms with Gasteiger partial charge in [0.15, 0.2) is 12.2 Å². The summed E-state index contributed by atoms with van der Waals surface area (Å²) >= 11 is 0. The van der Waals surface area contributed by atoms with Crippen LogP contribution in [0.2, 0.25) is 0 Å². The van der Waals surface area contributed by atoms with E-state index < -0.39 is 97.5 Å². The van der Waals surface area contributed by atoms with Gasteiger partial charge in [0.1, 0.15) is 19.3 Å². The van der Waals surface area contributed by atoms with Crippen molar-refractivity contribution < 1.29 is 80.2 Å². The molecule has 0 bridgehead atoms. The number of phosphoric acid groups is 2. The average Bonchev–Trinajstić information content (AvgIpc) is 0.980. The Kier molecular flexibility index (Phi) is 67.2. The van der Waals surface area contributed by atoms with Gasteiger partial charge in [-0.15, -0.1) is 0 Å². The zero-order chi connectivity index (χ0) is 71.8. The van der Waals surface area contributed by atoms with Crippen LogP contribution in [0.3, 0.4) is 0 Å². The minimum absolute atomic E-state index is 0.000765. The van der Waals surface area contributed by atoms with Crippen LogP contribution in [0, 0.1) is 0 Å². The predicted octanol–water partition coefficient (Wildman–Crippen LogP) is 21.3. The minimum atomic E-state index is -5.00. The third kappa shape index (κ3) is 69.7. The van der Waals surface area contributed by atoms with E-state index in [-0.39, 0.29) is 25.7 Å². The highest BCUT2D eigenvalue weighted by atomic mass is 31.2. The molecule has 3 N–H and O–H groups in total. The molecule has 0 fully saturated rings. The number of phosphoric ester groups is 2. The number of aliphatic hydroxyl groups excluding tert-OH is 1. The van der Waals surface area contributed by atoms with Crippen molar-refractivity contribution in [3.63, 3.8) is 0 Å². The highest BCUT2D eigenvalue weighted by Gasteiger charge is 2.30. The number of ether oxygens (including phenoxy) is 4. The van der Waals surface area contributed by atoms with Crippen LogP contribution in [0.1, 0.15) is 285 Å². The van der Waals surface area contributed by atoms with Crippen molar-refractivity contribution in [3.8, 4) is 0 Å². The fraction of sp³-hybridized carbons (Fsp3) is 0.671. The van der Waals surface area contributed by atoms with Gasteiger partial charge in [0.25, 0.3) is 0 Å². The molecule has 0 spiro atoms. The van der Waals surface area contributed by atoms with Crippen LogP contribution in [0.25, 0.3) is 0 Å². The zero-order valence-corrected chi connectivity index (χ0v) is 62.7. The van der Waals surface area contributed by atoms with Gasteiger partial charge in [-0.1, -0.05) is 271 Å². The molecule has 0 amide bonds. The molecule has 0 aromatic heterocycles. The van der Waals surface area contributed by atoms with Gasteiger partial charge in [0.2, 0.25) is 0 Å². The summed E-state index contributed by atoms with van der Waals surface area (Å²) in [6.07, 6.45) is 77.6. The number of unbranched alkanes of at least 4 members (excludes halogenated alkanes) is 21. The molecule has 560 valence electrons. The lowest BCUT2D eigenvalue weighted by Crippen LogP contribution is -2.30. The minimum Gasteiger partial charge on any atom is -0.462 e. The molecule has 5 atom stereocenters. The molecule has 0 rings (SSSR count). The maximum Gasteiger partial charge on any atom is 0.472 e. The summed E-state index contributed by atoms with van der Waals surface area (Å²) in [6, 6.07) is 0. The second-order valence-electron chi connectivity index (χ2n) is 24.5. The molecular weight excluding hydrogens is 1280 g/mol. The van der Waals surface area contributed by atoms with E-state index in [4.69, 9.17) is 37.0 Å². The first-order valence-corrected chi connectivity index (χ1v) is 40.4. The first kappa shape index (κ1) is 93.2. The third-order valence-corrected chi connectivity index (χ3v) is 17.0. The van der Waals surface area contributed by atoms with E-state index in [9.17, 15) is 43.2 Å². The SMILES string of the molecule is CC/C=C\C/C=C\C/C=C\C/C=C\C/C=C\CCCC(=O)OCC(COP(=O)(O)OCC(O)COP(=O)(O)OCC(COC(=O)CCCCCCCCCCCCCCC)OC(=O)CCCCCCC/C=C\CCCC)OC(=O)CCC/C=C\C/C=C\C/C=C\C/C=C\C/C=C\CC. The molecule has 98 heavy (non-hydrogen) atoms. The van der Waals surface area contributed by atoms with Crippen LogP contribution in [0.15, 0.2) is 134 Å². The fourth-order valence-electron chi connectivity index (χ4n) is 9.45. The summed E-state index contributed by atoms with van der Waals surface area (Å²) in [6.45, 7) is 4.45. The molecule has 0 heterocycles. The maximum absolute atomic E-state index is 13.1. The van der Waals surface area contributed by atoms with Crippen LogP contribution in [0.4, 0.5) is 0 Å². The van der Waals surface area contributed by atoms with E-state index in [0.29, 0.717) is 38.5 Å².